The van der Waals surface area contributed by atoms with E-state index in [0.29, 0.717) is 11.4 Å². The first kappa shape index (κ1) is 15.3. The summed E-state index contributed by atoms with van der Waals surface area (Å²) in [5.74, 6) is -0.267. The smallest absolute Gasteiger partial charge is 0.123 e. The highest BCUT2D eigenvalue weighted by molar-refractivity contribution is 6.31. The second-order valence-corrected chi connectivity index (χ2v) is 5.54. The highest BCUT2D eigenvalue weighted by Gasteiger charge is 2.13. The molecule has 4 heteroatoms. The lowest BCUT2D eigenvalue weighted by Crippen LogP contribution is -2.30. The molecule has 1 N–H and O–H groups in total. The van der Waals surface area contributed by atoms with Crippen molar-refractivity contribution in [3.8, 4) is 0 Å². The van der Waals surface area contributed by atoms with E-state index >= 15 is 0 Å². The highest BCUT2D eigenvalue weighted by Crippen LogP contribution is 2.22. The molecule has 2 rings (SSSR count). The molecular weight excluding hydrogens is 296 g/mol. The topological polar surface area (TPSA) is 12.0 Å². The Morgan fingerprint density at radius 1 is 1.00 bits per heavy atom. The van der Waals surface area contributed by atoms with Gasteiger partial charge in [0.1, 0.15) is 5.82 Å². The van der Waals surface area contributed by atoms with Crippen LogP contribution in [0.2, 0.25) is 10.0 Å². The molecule has 0 aromatic heterocycles. The standard InChI is InChI=1S/C16H16Cl2FN/c1-20-14(9-11-4-2-3-5-15(11)17)10-12-8-13(19)6-7-16(12)18/h2-8,14,20H,9-10H2,1H3. The van der Waals surface area contributed by atoms with E-state index in [0.717, 1.165) is 22.6 Å². The molecule has 0 fully saturated rings. The van der Waals surface area contributed by atoms with E-state index in [2.05, 4.69) is 5.32 Å². The summed E-state index contributed by atoms with van der Waals surface area (Å²) in [6.45, 7) is 0. The van der Waals surface area contributed by atoms with Crippen LogP contribution in [0.3, 0.4) is 0 Å². The Morgan fingerprint density at radius 2 is 1.65 bits per heavy atom. The van der Waals surface area contributed by atoms with E-state index in [9.17, 15) is 4.39 Å². The molecule has 0 aliphatic rings. The SMILES string of the molecule is CNC(Cc1ccccc1Cl)Cc1cc(F)ccc1Cl. The molecule has 0 aliphatic carbocycles. The van der Waals surface area contributed by atoms with Crippen molar-refractivity contribution in [2.75, 3.05) is 7.05 Å². The van der Waals surface area contributed by atoms with Gasteiger partial charge in [-0.25, -0.2) is 4.39 Å². The molecule has 20 heavy (non-hydrogen) atoms. The Morgan fingerprint density at radius 3 is 2.35 bits per heavy atom. The average molecular weight is 312 g/mol. The molecule has 0 aliphatic heterocycles. The largest absolute Gasteiger partial charge is 0.316 e. The summed E-state index contributed by atoms with van der Waals surface area (Å²) in [5.41, 5.74) is 1.87. The zero-order valence-electron chi connectivity index (χ0n) is 11.2. The third kappa shape index (κ3) is 3.95. The van der Waals surface area contributed by atoms with Crippen molar-refractivity contribution in [3.63, 3.8) is 0 Å². The molecule has 2 aromatic rings. The molecule has 0 saturated heterocycles. The average Bonchev–Trinajstić information content (AvgIpc) is 2.44. The molecule has 0 amide bonds. The van der Waals surface area contributed by atoms with Crippen molar-refractivity contribution in [3.05, 3.63) is 69.5 Å². The van der Waals surface area contributed by atoms with Crippen LogP contribution in [-0.2, 0) is 12.8 Å². The zero-order valence-corrected chi connectivity index (χ0v) is 12.7. The molecule has 1 unspecified atom stereocenters. The Bertz CT molecular complexity index is 586. The van der Waals surface area contributed by atoms with Gasteiger partial charge in [-0.1, -0.05) is 41.4 Å². The molecule has 0 radical (unpaired) electrons. The molecule has 1 atom stereocenters. The normalized spacial score (nSPS) is 12.4. The van der Waals surface area contributed by atoms with E-state index in [1.807, 2.05) is 31.3 Å². The lowest BCUT2D eigenvalue weighted by atomic mass is 9.99. The van der Waals surface area contributed by atoms with E-state index in [1.165, 1.54) is 12.1 Å². The van der Waals surface area contributed by atoms with Crippen molar-refractivity contribution in [1.82, 2.24) is 5.32 Å². The van der Waals surface area contributed by atoms with Crippen molar-refractivity contribution >= 4 is 23.2 Å². The van der Waals surface area contributed by atoms with Gasteiger partial charge in [0.05, 0.1) is 0 Å². The first-order chi connectivity index (χ1) is 9.60. The number of rotatable bonds is 5. The lowest BCUT2D eigenvalue weighted by molar-refractivity contribution is 0.553. The van der Waals surface area contributed by atoms with Crippen molar-refractivity contribution < 1.29 is 4.39 Å². The summed E-state index contributed by atoms with van der Waals surface area (Å²) in [4.78, 5) is 0. The fraction of sp³-hybridized carbons (Fsp3) is 0.250. The van der Waals surface area contributed by atoms with Gasteiger partial charge >= 0.3 is 0 Å². The Hall–Kier alpha value is -1.09. The fourth-order valence-corrected chi connectivity index (χ4v) is 2.58. The van der Waals surface area contributed by atoms with Gasteiger partial charge < -0.3 is 5.32 Å². The van der Waals surface area contributed by atoms with Crippen LogP contribution >= 0.6 is 23.2 Å². The van der Waals surface area contributed by atoms with Crippen molar-refractivity contribution in [1.29, 1.82) is 0 Å². The molecule has 2 aromatic carbocycles. The quantitative estimate of drug-likeness (QED) is 0.857. The van der Waals surface area contributed by atoms with Gasteiger partial charge in [-0.05, 0) is 55.3 Å². The molecule has 106 valence electrons. The minimum absolute atomic E-state index is 0.147. The minimum Gasteiger partial charge on any atom is -0.316 e. The van der Waals surface area contributed by atoms with Gasteiger partial charge in [0, 0.05) is 16.1 Å². The number of nitrogens with one attached hydrogen (secondary N) is 1. The van der Waals surface area contributed by atoms with Crippen LogP contribution in [0.5, 0.6) is 0 Å². The Labute approximate surface area is 128 Å². The molecule has 0 spiro atoms. The van der Waals surface area contributed by atoms with Crippen LogP contribution in [0.15, 0.2) is 42.5 Å². The highest BCUT2D eigenvalue weighted by atomic mass is 35.5. The lowest BCUT2D eigenvalue weighted by Gasteiger charge is -2.18. The first-order valence-electron chi connectivity index (χ1n) is 6.44. The predicted molar refractivity (Wildman–Crippen MR) is 83.1 cm³/mol. The van der Waals surface area contributed by atoms with Crippen LogP contribution in [0.1, 0.15) is 11.1 Å². The van der Waals surface area contributed by atoms with Gasteiger partial charge in [-0.3, -0.25) is 0 Å². The molecule has 0 heterocycles. The van der Waals surface area contributed by atoms with Gasteiger partial charge in [-0.15, -0.1) is 0 Å². The molecule has 0 bridgehead atoms. The monoisotopic (exact) mass is 311 g/mol. The van der Waals surface area contributed by atoms with Crippen LogP contribution in [0.25, 0.3) is 0 Å². The second-order valence-electron chi connectivity index (χ2n) is 4.72. The predicted octanol–water partition coefficient (Wildman–Crippen LogP) is 4.51. The van der Waals surface area contributed by atoms with Gasteiger partial charge in [0.25, 0.3) is 0 Å². The third-order valence-electron chi connectivity index (χ3n) is 3.31. The summed E-state index contributed by atoms with van der Waals surface area (Å²) >= 11 is 12.3. The first-order valence-corrected chi connectivity index (χ1v) is 7.20. The summed E-state index contributed by atoms with van der Waals surface area (Å²) < 4.78 is 13.3. The Kier molecular flexibility index (Phi) is 5.41. The van der Waals surface area contributed by atoms with Crippen LogP contribution in [-0.4, -0.2) is 13.1 Å². The van der Waals surface area contributed by atoms with E-state index in [4.69, 9.17) is 23.2 Å². The molecule has 1 nitrogen and oxygen atoms in total. The maximum absolute atomic E-state index is 13.3. The third-order valence-corrected chi connectivity index (χ3v) is 4.04. The second kappa shape index (κ2) is 7.07. The maximum atomic E-state index is 13.3. The van der Waals surface area contributed by atoms with E-state index in [-0.39, 0.29) is 11.9 Å². The van der Waals surface area contributed by atoms with Gasteiger partial charge in [-0.2, -0.15) is 0 Å². The summed E-state index contributed by atoms with van der Waals surface area (Å²) in [5, 5.41) is 4.57. The van der Waals surface area contributed by atoms with E-state index in [1.54, 1.807) is 6.07 Å². The van der Waals surface area contributed by atoms with E-state index < -0.39 is 0 Å². The fourth-order valence-electron chi connectivity index (χ4n) is 2.17. The van der Waals surface area contributed by atoms with Crippen LogP contribution < -0.4 is 5.32 Å². The molecular formula is C16H16Cl2FN. The molecule has 0 saturated carbocycles. The Balaban J connectivity index is 2.13. The minimum atomic E-state index is -0.267. The van der Waals surface area contributed by atoms with Crippen molar-refractivity contribution in [2.45, 2.75) is 18.9 Å². The number of likely N-dealkylation sites (N-methyl/N-ethyl adjacent to an activating group) is 1. The number of hydrogen-bond acceptors (Lipinski definition) is 1. The number of benzene rings is 2. The summed E-state index contributed by atoms with van der Waals surface area (Å²) in [6.07, 6.45) is 1.42. The summed E-state index contributed by atoms with van der Waals surface area (Å²) in [6, 6.07) is 12.3. The maximum Gasteiger partial charge on any atom is 0.123 e. The number of halogens is 3. The zero-order chi connectivity index (χ0) is 14.5. The van der Waals surface area contributed by atoms with Gasteiger partial charge in [0.15, 0.2) is 0 Å². The van der Waals surface area contributed by atoms with Gasteiger partial charge in [0.2, 0.25) is 0 Å². The van der Waals surface area contributed by atoms with Crippen LogP contribution in [0, 0.1) is 5.82 Å². The van der Waals surface area contributed by atoms with Crippen molar-refractivity contribution in [2.24, 2.45) is 0 Å². The number of hydrogen-bond donors (Lipinski definition) is 1. The van der Waals surface area contributed by atoms with Crippen LogP contribution in [0.4, 0.5) is 4.39 Å². The summed E-state index contributed by atoms with van der Waals surface area (Å²) in [7, 11) is 1.88.